The average Bonchev–Trinajstić information content (AvgIpc) is 2.28. The molecule has 0 aromatic carbocycles. The highest BCUT2D eigenvalue weighted by Gasteiger charge is 2.19. The van der Waals surface area contributed by atoms with Crippen LogP contribution in [0.4, 0.5) is 0 Å². The summed E-state index contributed by atoms with van der Waals surface area (Å²) in [5.41, 5.74) is 0. The van der Waals surface area contributed by atoms with E-state index in [0.29, 0.717) is 0 Å². The third kappa shape index (κ3) is 5.30. The van der Waals surface area contributed by atoms with Crippen LogP contribution in [0.1, 0.15) is 51.4 Å². The van der Waals surface area contributed by atoms with Crippen molar-refractivity contribution in [1.82, 2.24) is 0 Å². The maximum atomic E-state index is 9.10. The molecule has 0 aromatic rings. The van der Waals surface area contributed by atoms with E-state index in [4.69, 9.17) is 10.2 Å². The van der Waals surface area contributed by atoms with Gasteiger partial charge in [0, 0.05) is 10.5 Å². The molecule has 2 nitrogen and oxygen atoms in total. The topological polar surface area (TPSA) is 40.5 Å². The molecule has 96 valence electrons. The van der Waals surface area contributed by atoms with Crippen LogP contribution in [0.5, 0.6) is 0 Å². The minimum Gasteiger partial charge on any atom is -0.392 e. The maximum absolute atomic E-state index is 9.10. The van der Waals surface area contributed by atoms with E-state index in [1.807, 2.05) is 0 Å². The molecule has 0 aliphatic heterocycles. The summed E-state index contributed by atoms with van der Waals surface area (Å²) in [6, 6.07) is 0. The van der Waals surface area contributed by atoms with Crippen LogP contribution in [0.2, 0.25) is 0 Å². The summed E-state index contributed by atoms with van der Waals surface area (Å²) in [4.78, 5) is 0. The summed E-state index contributed by atoms with van der Waals surface area (Å²) in [5, 5.41) is 18.7. The summed E-state index contributed by atoms with van der Waals surface area (Å²) >= 11 is 8.41. The van der Waals surface area contributed by atoms with Gasteiger partial charge in [-0.25, -0.2) is 0 Å². The Morgan fingerprint density at radius 2 is 0.938 bits per heavy atom. The second kappa shape index (κ2) is 7.85. The van der Waals surface area contributed by atoms with Crippen LogP contribution >= 0.6 is 25.3 Å². The highest BCUT2D eigenvalue weighted by molar-refractivity contribution is 7.81. The van der Waals surface area contributed by atoms with E-state index in [1.54, 1.807) is 0 Å². The summed E-state index contributed by atoms with van der Waals surface area (Å²) < 4.78 is 0. The van der Waals surface area contributed by atoms with Gasteiger partial charge in [-0.1, -0.05) is 25.7 Å². The number of rotatable bonds is 0. The van der Waals surface area contributed by atoms with Crippen LogP contribution in [0.25, 0.3) is 0 Å². The fraction of sp³-hybridized carbons (Fsp3) is 1.00. The van der Waals surface area contributed by atoms with Crippen LogP contribution < -0.4 is 0 Å². The van der Waals surface area contributed by atoms with Crippen LogP contribution in [-0.2, 0) is 0 Å². The fourth-order valence-electron chi connectivity index (χ4n) is 2.18. The Morgan fingerprint density at radius 3 is 1.12 bits per heavy atom. The molecule has 0 radical (unpaired) electrons. The number of hydrogen-bond acceptors (Lipinski definition) is 4. The van der Waals surface area contributed by atoms with Gasteiger partial charge in [0.25, 0.3) is 0 Å². The molecule has 4 unspecified atom stereocenters. The Morgan fingerprint density at radius 1 is 0.625 bits per heavy atom. The summed E-state index contributed by atoms with van der Waals surface area (Å²) in [7, 11) is 0. The molecule has 0 amide bonds. The third-order valence-electron chi connectivity index (χ3n) is 3.39. The highest BCUT2D eigenvalue weighted by atomic mass is 32.1. The molecule has 16 heavy (non-hydrogen) atoms. The van der Waals surface area contributed by atoms with Crippen molar-refractivity contribution in [2.45, 2.75) is 74.1 Å². The van der Waals surface area contributed by atoms with E-state index in [1.165, 1.54) is 25.7 Å². The lowest BCUT2D eigenvalue weighted by molar-refractivity contribution is 0.137. The van der Waals surface area contributed by atoms with Crippen LogP contribution in [0, 0.1) is 0 Å². The first-order valence-corrected chi connectivity index (χ1v) is 7.37. The summed E-state index contributed by atoms with van der Waals surface area (Å²) in [6.07, 6.45) is 8.66. The van der Waals surface area contributed by atoms with Gasteiger partial charge in [0.15, 0.2) is 0 Å². The standard InChI is InChI=1S/2C6H12OS/c2*7-5-3-1-2-4-6(5)8/h2*5-8H,1-4H2. The van der Waals surface area contributed by atoms with Crippen LogP contribution in [0.15, 0.2) is 0 Å². The molecule has 2 aliphatic rings. The molecule has 0 bridgehead atoms. The van der Waals surface area contributed by atoms with Gasteiger partial charge in [-0.15, -0.1) is 0 Å². The molecule has 0 heterocycles. The molecule has 2 saturated carbocycles. The van der Waals surface area contributed by atoms with Gasteiger partial charge in [0.1, 0.15) is 0 Å². The fourth-order valence-corrected chi connectivity index (χ4v) is 2.85. The number of aliphatic hydroxyl groups is 2. The Labute approximate surface area is 110 Å². The molecule has 2 rings (SSSR count). The second-order valence-corrected chi connectivity index (χ2v) is 6.16. The van der Waals surface area contributed by atoms with Crippen LogP contribution in [0.3, 0.4) is 0 Å². The third-order valence-corrected chi connectivity index (χ3v) is 4.59. The summed E-state index contributed by atoms with van der Waals surface area (Å²) in [6.45, 7) is 0. The lowest BCUT2D eigenvalue weighted by Gasteiger charge is -2.22. The van der Waals surface area contributed by atoms with E-state index in [-0.39, 0.29) is 22.7 Å². The van der Waals surface area contributed by atoms with Crippen molar-refractivity contribution >= 4 is 25.3 Å². The van der Waals surface area contributed by atoms with Gasteiger partial charge in [-0.05, 0) is 25.7 Å². The van der Waals surface area contributed by atoms with Gasteiger partial charge in [-0.3, -0.25) is 0 Å². The first-order chi connectivity index (χ1) is 7.61. The zero-order valence-electron chi connectivity index (χ0n) is 9.76. The first kappa shape index (κ1) is 14.7. The number of hydrogen-bond donors (Lipinski definition) is 4. The van der Waals surface area contributed by atoms with Crippen molar-refractivity contribution in [3.05, 3.63) is 0 Å². The maximum Gasteiger partial charge on any atom is 0.0656 e. The predicted octanol–water partition coefficient (Wildman–Crippen LogP) is 2.44. The lowest BCUT2D eigenvalue weighted by Crippen LogP contribution is -2.24. The van der Waals surface area contributed by atoms with Crippen molar-refractivity contribution in [1.29, 1.82) is 0 Å². The SMILES string of the molecule is OC1CCCCC1S.OC1CCCCC1S. The second-order valence-electron chi connectivity index (χ2n) is 4.84. The first-order valence-electron chi connectivity index (χ1n) is 6.33. The Balaban J connectivity index is 0.000000160. The van der Waals surface area contributed by atoms with Gasteiger partial charge in [0.2, 0.25) is 0 Å². The monoisotopic (exact) mass is 264 g/mol. The smallest absolute Gasteiger partial charge is 0.0656 e. The number of aliphatic hydroxyl groups excluding tert-OH is 2. The molecular formula is C12H24O2S2. The predicted molar refractivity (Wildman–Crippen MR) is 74.5 cm³/mol. The van der Waals surface area contributed by atoms with E-state index in [2.05, 4.69) is 25.3 Å². The minimum absolute atomic E-state index is 0.132. The van der Waals surface area contributed by atoms with Gasteiger partial charge in [-0.2, -0.15) is 25.3 Å². The van der Waals surface area contributed by atoms with Gasteiger partial charge in [0.05, 0.1) is 12.2 Å². The number of thiol groups is 2. The molecule has 4 atom stereocenters. The lowest BCUT2D eigenvalue weighted by atomic mass is 9.97. The molecule has 2 fully saturated rings. The van der Waals surface area contributed by atoms with Gasteiger partial charge >= 0.3 is 0 Å². The van der Waals surface area contributed by atoms with Crippen molar-refractivity contribution in [3.63, 3.8) is 0 Å². The molecule has 0 aromatic heterocycles. The molecule has 0 spiro atoms. The normalized spacial score (nSPS) is 39.8. The van der Waals surface area contributed by atoms with Gasteiger partial charge < -0.3 is 10.2 Å². The van der Waals surface area contributed by atoms with E-state index in [9.17, 15) is 0 Å². The van der Waals surface area contributed by atoms with Crippen LogP contribution in [-0.4, -0.2) is 32.9 Å². The quantitative estimate of drug-likeness (QED) is 0.508. The molecule has 0 saturated heterocycles. The van der Waals surface area contributed by atoms with Crippen molar-refractivity contribution in [2.24, 2.45) is 0 Å². The zero-order chi connectivity index (χ0) is 12.0. The zero-order valence-corrected chi connectivity index (χ0v) is 11.5. The Bertz CT molecular complexity index is 150. The molecule has 2 N–H and O–H groups in total. The largest absolute Gasteiger partial charge is 0.392 e. The van der Waals surface area contributed by atoms with E-state index >= 15 is 0 Å². The average molecular weight is 264 g/mol. The Hall–Kier alpha value is 0.620. The van der Waals surface area contributed by atoms with E-state index < -0.39 is 0 Å². The van der Waals surface area contributed by atoms with Crippen molar-refractivity contribution in [2.75, 3.05) is 0 Å². The molecule has 2 aliphatic carbocycles. The minimum atomic E-state index is -0.132. The molecule has 4 heteroatoms. The van der Waals surface area contributed by atoms with Crippen molar-refractivity contribution in [3.8, 4) is 0 Å². The summed E-state index contributed by atoms with van der Waals surface area (Å²) in [5.74, 6) is 0. The molecular weight excluding hydrogens is 240 g/mol. The van der Waals surface area contributed by atoms with E-state index in [0.717, 1.165) is 25.7 Å². The Kier molecular flexibility index (Phi) is 7.20. The van der Waals surface area contributed by atoms with Crippen molar-refractivity contribution < 1.29 is 10.2 Å². The highest BCUT2D eigenvalue weighted by Crippen LogP contribution is 2.22.